The smallest absolute Gasteiger partial charge is 0.337 e. The van der Waals surface area contributed by atoms with Gasteiger partial charge in [0, 0.05) is 16.3 Å². The second-order valence-corrected chi connectivity index (χ2v) is 6.00. The van der Waals surface area contributed by atoms with E-state index in [0.29, 0.717) is 23.6 Å². The van der Waals surface area contributed by atoms with Crippen LogP contribution in [0.2, 0.25) is 0 Å². The summed E-state index contributed by atoms with van der Waals surface area (Å²) in [7, 11) is 0. The second-order valence-electron chi connectivity index (χ2n) is 4.99. The van der Waals surface area contributed by atoms with Crippen molar-refractivity contribution in [2.75, 3.05) is 12.4 Å². The van der Waals surface area contributed by atoms with E-state index in [4.69, 9.17) is 4.74 Å². The fourth-order valence-electron chi connectivity index (χ4n) is 2.26. The number of ether oxygens (including phenoxy) is 1. The number of esters is 1. The zero-order valence-corrected chi connectivity index (χ0v) is 13.8. The number of urea groups is 1. The molecule has 1 unspecified atom stereocenters. The Kier molecular flexibility index (Phi) is 5.49. The van der Waals surface area contributed by atoms with E-state index in [1.165, 1.54) is 5.56 Å². The highest BCUT2D eigenvalue weighted by Crippen LogP contribution is 2.26. The van der Waals surface area contributed by atoms with Crippen LogP contribution in [0.5, 0.6) is 0 Å². The molecule has 0 radical (unpaired) electrons. The van der Waals surface area contributed by atoms with Gasteiger partial charge >= 0.3 is 12.0 Å². The monoisotopic (exact) mass is 320 g/mol. The van der Waals surface area contributed by atoms with E-state index in [1.807, 2.05) is 31.2 Å². The molecule has 0 spiro atoms. The number of rotatable bonds is 5. The summed E-state index contributed by atoms with van der Waals surface area (Å²) in [6.45, 7) is 5.89. The topological polar surface area (TPSA) is 67.4 Å². The van der Waals surface area contributed by atoms with Crippen molar-refractivity contribution in [3.63, 3.8) is 0 Å². The van der Waals surface area contributed by atoms with Gasteiger partial charge in [-0.1, -0.05) is 18.2 Å². The van der Waals surface area contributed by atoms with Gasteiger partial charge in [0.05, 0.1) is 18.2 Å². The number of amides is 2. The van der Waals surface area contributed by atoms with E-state index in [-0.39, 0.29) is 18.0 Å². The molecule has 0 saturated heterocycles. The third kappa shape index (κ3) is 3.82. The third-order valence-electron chi connectivity index (χ3n) is 3.33. The Hall–Kier alpha value is -1.95. The molecule has 0 saturated carbocycles. The molecule has 0 bridgehead atoms. The normalized spacial score (nSPS) is 17.8. The van der Waals surface area contributed by atoms with Crippen LogP contribution in [0.1, 0.15) is 19.4 Å². The predicted molar refractivity (Wildman–Crippen MR) is 86.7 cm³/mol. The third-order valence-corrected chi connectivity index (χ3v) is 4.53. The minimum absolute atomic E-state index is 0.291. The number of aryl methyl sites for hydroxylation is 1. The van der Waals surface area contributed by atoms with E-state index < -0.39 is 0 Å². The van der Waals surface area contributed by atoms with Crippen LogP contribution in [0.3, 0.4) is 0 Å². The Balaban J connectivity index is 2.22. The van der Waals surface area contributed by atoms with Gasteiger partial charge in [0.2, 0.25) is 0 Å². The Morgan fingerprint density at radius 3 is 2.77 bits per heavy atom. The van der Waals surface area contributed by atoms with E-state index >= 15 is 0 Å². The number of carbonyl (C=O) groups excluding carboxylic acids is 2. The lowest BCUT2D eigenvalue weighted by molar-refractivity contribution is -0.138. The molecule has 6 heteroatoms. The summed E-state index contributed by atoms with van der Waals surface area (Å²) in [6, 6.07) is 7.36. The summed E-state index contributed by atoms with van der Waals surface area (Å²) in [5, 5.41) is 5.42. The number of hydrogen-bond donors (Lipinski definition) is 2. The quantitative estimate of drug-likeness (QED) is 0.646. The number of thioether (sulfide) groups is 1. The molecule has 1 aromatic rings. The van der Waals surface area contributed by atoms with Gasteiger partial charge in [0.15, 0.2) is 0 Å². The van der Waals surface area contributed by atoms with E-state index in [0.717, 1.165) is 4.90 Å². The maximum atomic E-state index is 12.1. The highest BCUT2D eigenvalue weighted by atomic mass is 32.2. The summed E-state index contributed by atoms with van der Waals surface area (Å²) in [6.07, 6.45) is 0. The van der Waals surface area contributed by atoms with Gasteiger partial charge in [-0.25, -0.2) is 9.59 Å². The van der Waals surface area contributed by atoms with Gasteiger partial charge in [0.1, 0.15) is 0 Å². The zero-order chi connectivity index (χ0) is 16.1. The molecule has 1 aliphatic heterocycles. The van der Waals surface area contributed by atoms with Crippen LogP contribution < -0.4 is 10.6 Å². The molecular formula is C16H20N2O3S. The first kappa shape index (κ1) is 16.4. The predicted octanol–water partition coefficient (Wildman–Crippen LogP) is 2.61. The van der Waals surface area contributed by atoms with Crippen LogP contribution in [0, 0.1) is 6.92 Å². The lowest BCUT2D eigenvalue weighted by Crippen LogP contribution is -2.49. The maximum absolute atomic E-state index is 12.1. The van der Waals surface area contributed by atoms with Gasteiger partial charge in [-0.2, -0.15) is 0 Å². The molecule has 2 N–H and O–H groups in total. The first-order chi connectivity index (χ1) is 10.5. The highest BCUT2D eigenvalue weighted by Gasteiger charge is 2.29. The maximum Gasteiger partial charge on any atom is 0.337 e. The molecule has 2 rings (SSSR count). The summed E-state index contributed by atoms with van der Waals surface area (Å²) in [4.78, 5) is 24.9. The minimum atomic E-state index is -0.386. The van der Waals surface area contributed by atoms with Gasteiger partial charge < -0.3 is 15.4 Å². The lowest BCUT2D eigenvalue weighted by Gasteiger charge is -2.26. The molecule has 1 aromatic carbocycles. The van der Waals surface area contributed by atoms with Crippen molar-refractivity contribution in [2.24, 2.45) is 0 Å². The standard InChI is InChI=1S/C16H20N2O3S/c1-4-21-15(19)14-11(3)17-16(20)18-12(14)9-22-13-8-6-5-7-10(13)2/h5-8,11H,4,9H2,1-3H3,(H2,17,18,20). The van der Waals surface area contributed by atoms with Crippen LogP contribution in [0.4, 0.5) is 4.79 Å². The molecule has 0 aliphatic carbocycles. The van der Waals surface area contributed by atoms with Crippen LogP contribution >= 0.6 is 11.8 Å². The van der Waals surface area contributed by atoms with E-state index in [2.05, 4.69) is 10.6 Å². The van der Waals surface area contributed by atoms with Gasteiger partial charge in [0.25, 0.3) is 0 Å². The number of benzene rings is 1. The number of carbonyl (C=O) groups is 2. The van der Waals surface area contributed by atoms with Crippen LogP contribution in [-0.4, -0.2) is 30.4 Å². The van der Waals surface area contributed by atoms with Crippen molar-refractivity contribution < 1.29 is 14.3 Å². The second kappa shape index (κ2) is 7.35. The zero-order valence-electron chi connectivity index (χ0n) is 12.9. The van der Waals surface area contributed by atoms with Crippen molar-refractivity contribution in [1.82, 2.24) is 10.6 Å². The molecule has 1 atom stereocenters. The van der Waals surface area contributed by atoms with Crippen LogP contribution in [0.25, 0.3) is 0 Å². The molecule has 0 fully saturated rings. The number of hydrogen-bond acceptors (Lipinski definition) is 4. The molecular weight excluding hydrogens is 300 g/mol. The Bertz CT molecular complexity index is 613. The first-order valence-corrected chi connectivity index (χ1v) is 8.17. The number of nitrogens with one attached hydrogen (secondary N) is 2. The average molecular weight is 320 g/mol. The summed E-state index contributed by atoms with van der Waals surface area (Å²) in [5.74, 6) is 0.124. The lowest BCUT2D eigenvalue weighted by atomic mass is 10.1. The van der Waals surface area contributed by atoms with Crippen molar-refractivity contribution in [1.29, 1.82) is 0 Å². The molecule has 1 heterocycles. The van der Waals surface area contributed by atoms with Gasteiger partial charge in [-0.05, 0) is 32.4 Å². The largest absolute Gasteiger partial charge is 0.463 e. The summed E-state index contributed by atoms with van der Waals surface area (Å²) in [5.41, 5.74) is 2.27. The first-order valence-electron chi connectivity index (χ1n) is 7.19. The molecule has 5 nitrogen and oxygen atoms in total. The minimum Gasteiger partial charge on any atom is -0.463 e. The fourth-order valence-corrected chi connectivity index (χ4v) is 3.26. The van der Waals surface area contributed by atoms with Gasteiger partial charge in [-0.15, -0.1) is 11.8 Å². The SMILES string of the molecule is CCOC(=O)C1=C(CSc2ccccc2C)NC(=O)NC1C. The Morgan fingerprint density at radius 2 is 2.09 bits per heavy atom. The molecule has 118 valence electrons. The molecule has 22 heavy (non-hydrogen) atoms. The molecule has 2 amide bonds. The van der Waals surface area contributed by atoms with Crippen molar-refractivity contribution in [2.45, 2.75) is 31.7 Å². The summed E-state index contributed by atoms with van der Waals surface area (Å²) < 4.78 is 5.10. The van der Waals surface area contributed by atoms with Crippen molar-refractivity contribution in [3.05, 3.63) is 41.1 Å². The summed E-state index contributed by atoms with van der Waals surface area (Å²) >= 11 is 1.59. The highest BCUT2D eigenvalue weighted by molar-refractivity contribution is 7.99. The molecule has 0 aromatic heterocycles. The Morgan fingerprint density at radius 1 is 1.36 bits per heavy atom. The van der Waals surface area contributed by atoms with Gasteiger partial charge in [-0.3, -0.25) is 0 Å². The Labute approximate surface area is 134 Å². The fraction of sp³-hybridized carbons (Fsp3) is 0.375. The van der Waals surface area contributed by atoms with Crippen LogP contribution in [0.15, 0.2) is 40.4 Å². The van der Waals surface area contributed by atoms with E-state index in [9.17, 15) is 9.59 Å². The van der Waals surface area contributed by atoms with Crippen molar-refractivity contribution >= 4 is 23.8 Å². The van der Waals surface area contributed by atoms with Crippen LogP contribution in [-0.2, 0) is 9.53 Å². The van der Waals surface area contributed by atoms with Crippen molar-refractivity contribution in [3.8, 4) is 0 Å². The average Bonchev–Trinajstić information content (AvgIpc) is 2.46. The molecule has 1 aliphatic rings. The van der Waals surface area contributed by atoms with E-state index in [1.54, 1.807) is 25.6 Å².